The summed E-state index contributed by atoms with van der Waals surface area (Å²) in [5.74, 6) is -2.38. The molecule has 7 heterocycles. The second-order valence-electron chi connectivity index (χ2n) is 11.0. The molecule has 0 unspecified atom stereocenters. The number of imide groups is 2. The van der Waals surface area contributed by atoms with Crippen LogP contribution in [0.15, 0.2) is 163 Å². The van der Waals surface area contributed by atoms with Gasteiger partial charge in [0, 0.05) is 0 Å². The van der Waals surface area contributed by atoms with Gasteiger partial charge in [-0.1, -0.05) is 24.3 Å². The van der Waals surface area contributed by atoms with Crippen molar-refractivity contribution in [2.75, 3.05) is 0 Å². The molecule has 7 aliphatic rings. The van der Waals surface area contributed by atoms with Crippen molar-refractivity contribution in [3.8, 4) is 0 Å². The molecule has 0 N–H and O–H groups in total. The summed E-state index contributed by atoms with van der Waals surface area (Å²) in [6.45, 7) is 0. The number of carbonyl (C=O) groups is 4. The molecule has 0 spiro atoms. The van der Waals surface area contributed by atoms with Gasteiger partial charge in [-0.3, -0.25) is 19.2 Å². The van der Waals surface area contributed by atoms with Gasteiger partial charge in [0.05, 0.1) is 67.9 Å². The molecule has 0 aliphatic carbocycles. The highest BCUT2D eigenvalue weighted by molar-refractivity contribution is 6.30. The second-order valence-corrected chi connectivity index (χ2v) is 11.0. The number of hydrogen-bond acceptors (Lipinski definition) is 8. The normalized spacial score (nSPS) is 20.5. The number of rotatable bonds is 2. The Kier molecular flexibility index (Phi) is 5.27. The van der Waals surface area contributed by atoms with Crippen molar-refractivity contribution in [1.82, 2.24) is 9.80 Å². The number of nitrogens with zero attached hydrogens (tertiary/aromatic N) is 6. The van der Waals surface area contributed by atoms with E-state index in [-0.39, 0.29) is 45.1 Å². The van der Waals surface area contributed by atoms with Crippen LogP contribution in [-0.2, 0) is 0 Å². The highest BCUT2D eigenvalue weighted by Gasteiger charge is 2.48. The standard InChI is InChI=1S/C36H18N6O4/c43-33-25-5-1-2-6-26(25)34(44)41(33)31-29-17-23-13-11-21(38-23)15-19-9-10-20(37-19)16-22-12-14-24(39-22)18-30(40-29)32(31)42-35(45)27-7-3-4-8-28(27)36(42)46/h1-18H. The minimum atomic E-state index is -0.594. The fourth-order valence-corrected chi connectivity index (χ4v) is 6.15. The Morgan fingerprint density at radius 2 is 0.804 bits per heavy atom. The Bertz CT molecular complexity index is 2260. The van der Waals surface area contributed by atoms with E-state index in [0.29, 0.717) is 22.8 Å². The molecule has 2 aromatic rings. The van der Waals surface area contributed by atoms with Crippen LogP contribution in [-0.4, -0.2) is 56.3 Å². The van der Waals surface area contributed by atoms with Crippen LogP contribution in [0.25, 0.3) is 0 Å². The molecule has 7 aliphatic heterocycles. The van der Waals surface area contributed by atoms with E-state index in [1.54, 1.807) is 72.8 Å². The summed E-state index contributed by atoms with van der Waals surface area (Å²) < 4.78 is 0. The monoisotopic (exact) mass is 598 g/mol. The molecule has 216 valence electrons. The first-order valence-corrected chi connectivity index (χ1v) is 14.4. The van der Waals surface area contributed by atoms with Gasteiger partial charge in [0.15, 0.2) is 0 Å². The zero-order chi connectivity index (χ0) is 31.1. The number of fused-ring (bicyclic) bond motifs is 6. The Hall–Kier alpha value is -6.68. The fourth-order valence-electron chi connectivity index (χ4n) is 6.15. The highest BCUT2D eigenvalue weighted by Crippen LogP contribution is 2.40. The lowest BCUT2D eigenvalue weighted by atomic mass is 10.1. The summed E-state index contributed by atoms with van der Waals surface area (Å²) >= 11 is 0. The summed E-state index contributed by atoms with van der Waals surface area (Å²) in [4.78, 5) is 76.7. The molecule has 2 aromatic carbocycles. The third-order valence-electron chi connectivity index (χ3n) is 8.20. The first kappa shape index (κ1) is 25.8. The highest BCUT2D eigenvalue weighted by atomic mass is 16.2. The summed E-state index contributed by atoms with van der Waals surface area (Å²) in [7, 11) is 0. The van der Waals surface area contributed by atoms with E-state index in [2.05, 4.69) is 4.99 Å². The van der Waals surface area contributed by atoms with Gasteiger partial charge in [-0.05, 0) is 85.0 Å². The largest absolute Gasteiger partial charge is 0.268 e. The summed E-state index contributed by atoms with van der Waals surface area (Å²) in [5.41, 5.74) is 4.88. The zero-order valence-electron chi connectivity index (χ0n) is 23.7. The number of aliphatic imine (C=N–C) groups is 4. The smallest absolute Gasteiger partial charge is 0.266 e. The van der Waals surface area contributed by atoms with Crippen LogP contribution < -0.4 is 0 Å². The molecule has 0 saturated carbocycles. The first-order valence-electron chi connectivity index (χ1n) is 14.4. The molecule has 46 heavy (non-hydrogen) atoms. The number of amides is 4. The Morgan fingerprint density at radius 1 is 0.413 bits per heavy atom. The molecule has 0 saturated heterocycles. The third-order valence-corrected chi connectivity index (χ3v) is 8.20. The number of allylic oxidation sites excluding steroid dienone is 10. The van der Waals surface area contributed by atoms with Crippen molar-refractivity contribution < 1.29 is 19.2 Å². The van der Waals surface area contributed by atoms with E-state index in [1.807, 2.05) is 36.5 Å². The zero-order valence-corrected chi connectivity index (χ0v) is 23.7. The van der Waals surface area contributed by atoms with Crippen LogP contribution in [0.4, 0.5) is 0 Å². The van der Waals surface area contributed by atoms with E-state index in [9.17, 15) is 19.2 Å². The third kappa shape index (κ3) is 3.77. The van der Waals surface area contributed by atoms with E-state index in [1.165, 1.54) is 0 Å². The van der Waals surface area contributed by atoms with E-state index in [4.69, 9.17) is 15.0 Å². The number of carbonyl (C=O) groups excluding carboxylic acids is 4. The van der Waals surface area contributed by atoms with Crippen LogP contribution in [0, 0.1) is 0 Å². The fraction of sp³-hybridized carbons (Fsp3) is 0. The Labute approximate surface area is 260 Å². The van der Waals surface area contributed by atoms with Crippen molar-refractivity contribution in [3.05, 3.63) is 166 Å². The van der Waals surface area contributed by atoms with E-state index in [0.717, 1.165) is 21.2 Å². The van der Waals surface area contributed by atoms with Crippen LogP contribution in [0.3, 0.4) is 0 Å². The molecule has 10 nitrogen and oxygen atoms in total. The molecule has 9 rings (SSSR count). The first-order chi connectivity index (χ1) is 22.4. The predicted octanol–water partition coefficient (Wildman–Crippen LogP) is 4.83. The van der Waals surface area contributed by atoms with Crippen molar-refractivity contribution in [2.45, 2.75) is 0 Å². The van der Waals surface area contributed by atoms with Gasteiger partial charge in [0.25, 0.3) is 23.6 Å². The SMILES string of the molecule is O=C1c2ccccc2C(=O)N1C1=C(N2C(=O)c3ccccc3C2=O)C2=NC1=CC1=NC(=CC3=NC(=CC4=NC(=C2)C=C4)C=C3)C=C1. The molecule has 0 atom stereocenters. The van der Waals surface area contributed by atoms with Crippen molar-refractivity contribution >= 4 is 46.5 Å². The minimum absolute atomic E-state index is 0.00469. The Balaban J connectivity index is 1.31. The molecule has 0 aromatic heterocycles. The second kappa shape index (κ2) is 9.41. The molecule has 4 amide bonds. The van der Waals surface area contributed by atoms with Gasteiger partial charge < -0.3 is 0 Å². The summed E-state index contributed by atoms with van der Waals surface area (Å²) in [5, 5.41) is 0. The topological polar surface area (TPSA) is 124 Å². The molecule has 0 fully saturated rings. The Morgan fingerprint density at radius 3 is 1.26 bits per heavy atom. The predicted molar refractivity (Wildman–Crippen MR) is 170 cm³/mol. The van der Waals surface area contributed by atoms with Crippen LogP contribution in [0.1, 0.15) is 41.4 Å². The van der Waals surface area contributed by atoms with Crippen LogP contribution >= 0.6 is 0 Å². The van der Waals surface area contributed by atoms with Crippen molar-refractivity contribution in [2.24, 2.45) is 20.0 Å². The summed E-state index contributed by atoms with van der Waals surface area (Å²) in [6.07, 6.45) is 17.9. The maximum atomic E-state index is 13.9. The van der Waals surface area contributed by atoms with Gasteiger partial charge in [-0.15, -0.1) is 0 Å². The molecular formula is C36H18N6O4. The quantitative estimate of drug-likeness (QED) is 0.460. The van der Waals surface area contributed by atoms with Crippen LogP contribution in [0.2, 0.25) is 0 Å². The maximum absolute atomic E-state index is 13.9. The molecule has 8 bridgehead atoms. The lowest BCUT2D eigenvalue weighted by Crippen LogP contribution is -2.37. The van der Waals surface area contributed by atoms with Crippen molar-refractivity contribution in [3.63, 3.8) is 0 Å². The number of benzene rings is 2. The van der Waals surface area contributed by atoms with Gasteiger partial charge in [-0.25, -0.2) is 29.8 Å². The average Bonchev–Trinajstić information content (AvgIpc) is 3.91. The van der Waals surface area contributed by atoms with Gasteiger partial charge in [0.1, 0.15) is 11.4 Å². The lowest BCUT2D eigenvalue weighted by molar-refractivity contribution is 0.0663. The van der Waals surface area contributed by atoms with E-state index < -0.39 is 23.6 Å². The molecule has 10 heteroatoms. The average molecular weight is 599 g/mol. The van der Waals surface area contributed by atoms with Crippen molar-refractivity contribution in [1.29, 1.82) is 0 Å². The minimum Gasteiger partial charge on any atom is -0.268 e. The summed E-state index contributed by atoms with van der Waals surface area (Å²) in [6, 6.07) is 13.0. The molecule has 0 radical (unpaired) electrons. The van der Waals surface area contributed by atoms with Gasteiger partial charge >= 0.3 is 0 Å². The van der Waals surface area contributed by atoms with Gasteiger partial charge in [0.2, 0.25) is 0 Å². The molecular weight excluding hydrogens is 580 g/mol. The maximum Gasteiger partial charge on any atom is 0.266 e. The number of hydrogen-bond donors (Lipinski definition) is 0. The van der Waals surface area contributed by atoms with Gasteiger partial charge in [-0.2, -0.15) is 0 Å². The lowest BCUT2D eigenvalue weighted by Gasteiger charge is -2.22. The van der Waals surface area contributed by atoms with E-state index >= 15 is 0 Å². The van der Waals surface area contributed by atoms with Crippen LogP contribution in [0.5, 0.6) is 0 Å².